The summed E-state index contributed by atoms with van der Waals surface area (Å²) >= 11 is 0. The van der Waals surface area contributed by atoms with Crippen LogP contribution in [0, 0.1) is 11.6 Å². The molecule has 2 N–H and O–H groups in total. The average Bonchev–Trinajstić information content (AvgIpc) is 3.01. The third-order valence-corrected chi connectivity index (χ3v) is 4.07. The number of ether oxygens (including phenoxy) is 2. The van der Waals surface area contributed by atoms with Gasteiger partial charge in [0.25, 0.3) is 0 Å². The van der Waals surface area contributed by atoms with E-state index in [2.05, 4.69) is 20.3 Å². The second-order valence-corrected chi connectivity index (χ2v) is 5.57. The Morgan fingerprint density at radius 1 is 1.00 bits per heavy atom. The quantitative estimate of drug-likeness (QED) is 0.575. The number of hydrogen-bond donors (Lipinski definition) is 2. The van der Waals surface area contributed by atoms with Gasteiger partial charge >= 0.3 is 0 Å². The lowest BCUT2D eigenvalue weighted by atomic mass is 10.2. The number of nitrogens with zero attached hydrogens (tertiary/aromatic N) is 2. The van der Waals surface area contributed by atoms with Crippen molar-refractivity contribution in [3.63, 3.8) is 0 Å². The summed E-state index contributed by atoms with van der Waals surface area (Å²) < 4.78 is 37.7. The maximum Gasteiger partial charge on any atom is 0.162 e. The van der Waals surface area contributed by atoms with Crippen molar-refractivity contribution in [2.45, 2.75) is 0 Å². The van der Waals surface area contributed by atoms with Gasteiger partial charge in [-0.2, -0.15) is 0 Å². The van der Waals surface area contributed by atoms with Crippen LogP contribution in [0.5, 0.6) is 11.5 Å². The van der Waals surface area contributed by atoms with Crippen LogP contribution in [0.15, 0.2) is 36.7 Å². The van der Waals surface area contributed by atoms with Gasteiger partial charge in [0, 0.05) is 17.5 Å². The molecule has 0 radical (unpaired) electrons. The van der Waals surface area contributed by atoms with Crippen molar-refractivity contribution >= 4 is 33.4 Å². The molecule has 6 nitrogen and oxygen atoms in total. The third-order valence-electron chi connectivity index (χ3n) is 4.07. The van der Waals surface area contributed by atoms with Crippen LogP contribution in [0.25, 0.3) is 21.9 Å². The SMILES string of the molecule is COc1cc2[nH]c3c(Nc4ccc(F)cc4F)ncnc3c2cc1OC. The monoisotopic (exact) mass is 356 g/mol. The van der Waals surface area contributed by atoms with Gasteiger partial charge in [0.15, 0.2) is 17.3 Å². The maximum atomic E-state index is 13.9. The molecule has 4 aromatic rings. The van der Waals surface area contributed by atoms with E-state index in [1.54, 1.807) is 20.3 Å². The van der Waals surface area contributed by atoms with E-state index in [9.17, 15) is 8.78 Å². The number of nitrogens with one attached hydrogen (secondary N) is 2. The number of aromatic nitrogens is 3. The molecule has 0 aliphatic rings. The molecule has 0 atom stereocenters. The molecule has 0 fully saturated rings. The van der Waals surface area contributed by atoms with Crippen molar-refractivity contribution in [3.8, 4) is 11.5 Å². The molecule has 0 unspecified atom stereocenters. The molecule has 0 aliphatic heterocycles. The van der Waals surface area contributed by atoms with Gasteiger partial charge in [-0.05, 0) is 18.2 Å². The van der Waals surface area contributed by atoms with Crippen LogP contribution in [0.3, 0.4) is 0 Å². The summed E-state index contributed by atoms with van der Waals surface area (Å²) in [7, 11) is 3.11. The minimum Gasteiger partial charge on any atom is -0.493 e. The Morgan fingerprint density at radius 2 is 1.77 bits per heavy atom. The molecule has 4 rings (SSSR count). The lowest BCUT2D eigenvalue weighted by molar-refractivity contribution is 0.356. The molecular formula is C18H14F2N4O2. The first-order valence-electron chi connectivity index (χ1n) is 7.71. The molecule has 0 bridgehead atoms. The van der Waals surface area contributed by atoms with Gasteiger partial charge in [0.2, 0.25) is 0 Å². The van der Waals surface area contributed by atoms with Gasteiger partial charge in [0.1, 0.15) is 29.0 Å². The number of methoxy groups -OCH3 is 2. The topological polar surface area (TPSA) is 72.1 Å². The molecule has 8 heteroatoms. The van der Waals surface area contributed by atoms with E-state index in [4.69, 9.17) is 9.47 Å². The molecule has 0 spiro atoms. The first kappa shape index (κ1) is 16.1. The third kappa shape index (κ3) is 2.55. The van der Waals surface area contributed by atoms with Crippen LogP contribution in [-0.4, -0.2) is 29.2 Å². The fourth-order valence-electron chi connectivity index (χ4n) is 2.83. The fraction of sp³-hybridized carbons (Fsp3) is 0.111. The van der Waals surface area contributed by atoms with E-state index >= 15 is 0 Å². The van der Waals surface area contributed by atoms with Crippen LogP contribution in [0.1, 0.15) is 0 Å². The largest absolute Gasteiger partial charge is 0.493 e. The van der Waals surface area contributed by atoms with Crippen molar-refractivity contribution in [1.29, 1.82) is 0 Å². The first-order chi connectivity index (χ1) is 12.6. The molecular weight excluding hydrogens is 342 g/mol. The van der Waals surface area contributed by atoms with Gasteiger partial charge in [-0.25, -0.2) is 18.7 Å². The van der Waals surface area contributed by atoms with Crippen molar-refractivity contribution in [3.05, 3.63) is 48.3 Å². The van der Waals surface area contributed by atoms with Crippen LogP contribution < -0.4 is 14.8 Å². The smallest absolute Gasteiger partial charge is 0.162 e. The van der Waals surface area contributed by atoms with E-state index < -0.39 is 11.6 Å². The van der Waals surface area contributed by atoms with Crippen molar-refractivity contribution < 1.29 is 18.3 Å². The molecule has 132 valence electrons. The zero-order valence-electron chi connectivity index (χ0n) is 13.9. The highest BCUT2D eigenvalue weighted by Crippen LogP contribution is 2.36. The lowest BCUT2D eigenvalue weighted by Gasteiger charge is -2.07. The number of rotatable bonds is 4. The molecule has 0 saturated carbocycles. The van der Waals surface area contributed by atoms with E-state index in [1.165, 1.54) is 18.5 Å². The predicted octanol–water partition coefficient (Wildman–Crippen LogP) is 4.15. The number of aromatic amines is 1. The predicted molar refractivity (Wildman–Crippen MR) is 94.1 cm³/mol. The molecule has 2 aromatic heterocycles. The Hall–Kier alpha value is -3.42. The van der Waals surface area contributed by atoms with Gasteiger partial charge in [-0.3, -0.25) is 0 Å². The standard InChI is InChI=1S/C18H14F2N4O2/c1-25-14-6-10-13(7-15(14)26-2)23-17-16(10)21-8-22-18(17)24-12-4-3-9(19)5-11(12)20/h3-8,23H,1-2H3,(H,21,22,24). The van der Waals surface area contributed by atoms with E-state index in [-0.39, 0.29) is 5.69 Å². The minimum absolute atomic E-state index is 0.111. The zero-order valence-corrected chi connectivity index (χ0v) is 13.9. The van der Waals surface area contributed by atoms with Crippen LogP contribution in [-0.2, 0) is 0 Å². The van der Waals surface area contributed by atoms with E-state index in [0.29, 0.717) is 28.4 Å². The van der Waals surface area contributed by atoms with Crippen LogP contribution in [0.2, 0.25) is 0 Å². The summed E-state index contributed by atoms with van der Waals surface area (Å²) in [6.07, 6.45) is 1.37. The van der Waals surface area contributed by atoms with Gasteiger partial charge in [-0.15, -0.1) is 0 Å². The van der Waals surface area contributed by atoms with E-state index in [0.717, 1.165) is 17.0 Å². The Labute approximate surface area is 146 Å². The Balaban J connectivity index is 1.88. The second-order valence-electron chi connectivity index (χ2n) is 5.57. The molecule has 2 aromatic carbocycles. The molecule has 2 heterocycles. The second kappa shape index (κ2) is 6.14. The average molecular weight is 356 g/mol. The maximum absolute atomic E-state index is 13.9. The number of hydrogen-bond acceptors (Lipinski definition) is 5. The first-order valence-corrected chi connectivity index (χ1v) is 7.71. The van der Waals surface area contributed by atoms with E-state index in [1.807, 2.05) is 6.07 Å². The summed E-state index contributed by atoms with van der Waals surface area (Å²) in [5.41, 5.74) is 2.10. The summed E-state index contributed by atoms with van der Waals surface area (Å²) in [5.74, 6) is 0.147. The van der Waals surface area contributed by atoms with Crippen molar-refractivity contribution in [1.82, 2.24) is 15.0 Å². The fourth-order valence-corrected chi connectivity index (χ4v) is 2.83. The highest BCUT2D eigenvalue weighted by molar-refractivity contribution is 6.09. The Kier molecular flexibility index (Phi) is 3.80. The molecule has 26 heavy (non-hydrogen) atoms. The van der Waals surface area contributed by atoms with Gasteiger partial charge in [-0.1, -0.05) is 0 Å². The molecule has 0 aliphatic carbocycles. The van der Waals surface area contributed by atoms with Crippen molar-refractivity contribution in [2.24, 2.45) is 0 Å². The highest BCUT2D eigenvalue weighted by Gasteiger charge is 2.15. The lowest BCUT2D eigenvalue weighted by Crippen LogP contribution is -1.98. The molecule has 0 amide bonds. The summed E-state index contributed by atoms with van der Waals surface area (Å²) in [4.78, 5) is 11.7. The van der Waals surface area contributed by atoms with Gasteiger partial charge < -0.3 is 19.8 Å². The Morgan fingerprint density at radius 3 is 2.50 bits per heavy atom. The Bertz CT molecular complexity index is 1130. The summed E-state index contributed by atoms with van der Waals surface area (Å²) in [6, 6.07) is 6.89. The minimum atomic E-state index is -0.712. The van der Waals surface area contributed by atoms with Crippen LogP contribution in [0.4, 0.5) is 20.3 Å². The summed E-state index contributed by atoms with van der Waals surface area (Å²) in [6.45, 7) is 0. The number of benzene rings is 2. The number of H-pyrrole nitrogens is 1. The van der Waals surface area contributed by atoms with Crippen LogP contribution >= 0.6 is 0 Å². The zero-order chi connectivity index (χ0) is 18.3. The normalized spacial score (nSPS) is 11.1. The number of halogens is 2. The molecule has 0 saturated heterocycles. The number of anilines is 2. The highest BCUT2D eigenvalue weighted by atomic mass is 19.1. The number of fused-ring (bicyclic) bond motifs is 3. The van der Waals surface area contributed by atoms with Gasteiger partial charge in [0.05, 0.1) is 25.4 Å². The van der Waals surface area contributed by atoms with Crippen molar-refractivity contribution in [2.75, 3.05) is 19.5 Å². The summed E-state index contributed by atoms with van der Waals surface area (Å²) in [5, 5.41) is 3.68.